The highest BCUT2D eigenvalue weighted by Gasteiger charge is 2.38. The van der Waals surface area contributed by atoms with Crippen LogP contribution in [0.4, 0.5) is 5.69 Å². The lowest BCUT2D eigenvalue weighted by Crippen LogP contribution is -2.28. The van der Waals surface area contributed by atoms with Crippen LogP contribution in [0.15, 0.2) is 65.8 Å². The molecule has 1 aliphatic heterocycles. The molecule has 2 aromatic rings. The SMILES string of the molecule is CC1=NN(c2ccccc2)[C@H](c2ccccc2)[C@H]1C(C)C. The van der Waals surface area contributed by atoms with Gasteiger partial charge >= 0.3 is 0 Å². The molecule has 0 N–H and O–H groups in total. The minimum absolute atomic E-state index is 0.286. The van der Waals surface area contributed by atoms with Gasteiger partial charge in [-0.3, -0.25) is 5.01 Å². The standard InChI is InChI=1S/C19H22N2/c1-14(2)18-15(3)20-21(17-12-8-5-9-13-17)19(18)16-10-6-4-7-11-16/h4-14,18-19H,1-3H3/t18-,19+/m0/s1. The first-order chi connectivity index (χ1) is 10.2. The number of hydrazone groups is 1. The van der Waals surface area contributed by atoms with E-state index in [0.29, 0.717) is 11.8 Å². The van der Waals surface area contributed by atoms with E-state index in [1.54, 1.807) is 0 Å². The molecule has 0 saturated heterocycles. The summed E-state index contributed by atoms with van der Waals surface area (Å²) in [5.74, 6) is 1.01. The van der Waals surface area contributed by atoms with Crippen molar-refractivity contribution in [3.05, 3.63) is 66.2 Å². The molecule has 0 unspecified atom stereocenters. The average molecular weight is 278 g/mol. The summed E-state index contributed by atoms with van der Waals surface area (Å²) >= 11 is 0. The van der Waals surface area contributed by atoms with Gasteiger partial charge < -0.3 is 0 Å². The summed E-state index contributed by atoms with van der Waals surface area (Å²) < 4.78 is 0. The number of rotatable bonds is 3. The Hall–Kier alpha value is -2.09. The van der Waals surface area contributed by atoms with Gasteiger partial charge in [0.15, 0.2) is 0 Å². The van der Waals surface area contributed by atoms with E-state index in [9.17, 15) is 0 Å². The number of nitrogens with zero attached hydrogens (tertiary/aromatic N) is 2. The van der Waals surface area contributed by atoms with Crippen molar-refractivity contribution in [1.82, 2.24) is 0 Å². The van der Waals surface area contributed by atoms with Crippen LogP contribution in [0.2, 0.25) is 0 Å². The van der Waals surface area contributed by atoms with Crippen molar-refractivity contribution in [3.63, 3.8) is 0 Å². The Morgan fingerprint density at radius 3 is 2.05 bits per heavy atom. The second-order valence-electron chi connectivity index (χ2n) is 6.05. The van der Waals surface area contributed by atoms with Gasteiger partial charge in [0.1, 0.15) is 0 Å². The number of hydrogen-bond acceptors (Lipinski definition) is 2. The smallest absolute Gasteiger partial charge is 0.0858 e. The predicted molar refractivity (Wildman–Crippen MR) is 89.5 cm³/mol. The van der Waals surface area contributed by atoms with E-state index in [1.165, 1.54) is 11.3 Å². The molecule has 2 aromatic carbocycles. The lowest BCUT2D eigenvalue weighted by molar-refractivity contribution is 0.426. The highest BCUT2D eigenvalue weighted by atomic mass is 15.5. The van der Waals surface area contributed by atoms with E-state index in [2.05, 4.69) is 80.4 Å². The monoisotopic (exact) mass is 278 g/mol. The van der Waals surface area contributed by atoms with Crippen LogP contribution >= 0.6 is 0 Å². The van der Waals surface area contributed by atoms with Gasteiger partial charge in [-0.1, -0.05) is 62.4 Å². The Labute approximate surface area is 127 Å². The Bertz CT molecular complexity index is 617. The number of para-hydroxylation sites is 1. The normalized spacial score (nSPS) is 21.7. The van der Waals surface area contributed by atoms with Crippen LogP contribution in [0.1, 0.15) is 32.4 Å². The molecular formula is C19H22N2. The Morgan fingerprint density at radius 2 is 1.48 bits per heavy atom. The first-order valence-electron chi connectivity index (χ1n) is 7.63. The molecule has 21 heavy (non-hydrogen) atoms. The molecule has 3 rings (SSSR count). The molecule has 0 amide bonds. The van der Waals surface area contributed by atoms with Gasteiger partial charge in [0.25, 0.3) is 0 Å². The van der Waals surface area contributed by atoms with Crippen LogP contribution in [0.3, 0.4) is 0 Å². The van der Waals surface area contributed by atoms with E-state index in [4.69, 9.17) is 5.10 Å². The third kappa shape index (κ3) is 2.58. The maximum absolute atomic E-state index is 4.87. The second-order valence-corrected chi connectivity index (χ2v) is 6.05. The molecule has 1 heterocycles. The van der Waals surface area contributed by atoms with Crippen molar-refractivity contribution in [2.75, 3.05) is 5.01 Å². The third-order valence-electron chi connectivity index (χ3n) is 4.23. The molecule has 0 saturated carbocycles. The highest BCUT2D eigenvalue weighted by molar-refractivity contribution is 5.89. The molecule has 2 heteroatoms. The van der Waals surface area contributed by atoms with Crippen LogP contribution in [0, 0.1) is 11.8 Å². The quantitative estimate of drug-likeness (QED) is 0.780. The van der Waals surface area contributed by atoms with Crippen molar-refractivity contribution in [2.45, 2.75) is 26.8 Å². The minimum atomic E-state index is 0.286. The van der Waals surface area contributed by atoms with Gasteiger partial charge in [-0.05, 0) is 30.5 Å². The predicted octanol–water partition coefficient (Wildman–Crippen LogP) is 4.90. The van der Waals surface area contributed by atoms with E-state index in [0.717, 1.165) is 5.69 Å². The van der Waals surface area contributed by atoms with Crippen molar-refractivity contribution in [1.29, 1.82) is 0 Å². The second kappa shape index (κ2) is 5.72. The molecular weight excluding hydrogens is 256 g/mol. The largest absolute Gasteiger partial charge is 0.257 e. The van der Waals surface area contributed by atoms with Crippen LogP contribution in [-0.4, -0.2) is 5.71 Å². The summed E-state index contributed by atoms with van der Waals surface area (Å²) in [6.07, 6.45) is 0. The summed E-state index contributed by atoms with van der Waals surface area (Å²) in [5, 5.41) is 7.06. The van der Waals surface area contributed by atoms with Gasteiger partial charge in [-0.2, -0.15) is 5.10 Å². The van der Waals surface area contributed by atoms with Crippen LogP contribution in [0.25, 0.3) is 0 Å². The van der Waals surface area contributed by atoms with E-state index < -0.39 is 0 Å². The van der Waals surface area contributed by atoms with Gasteiger partial charge in [0.05, 0.1) is 11.7 Å². The number of hydrogen-bond donors (Lipinski definition) is 0. The van der Waals surface area contributed by atoms with Crippen LogP contribution in [0.5, 0.6) is 0 Å². The molecule has 1 aliphatic rings. The fraction of sp³-hybridized carbons (Fsp3) is 0.316. The Morgan fingerprint density at radius 1 is 0.905 bits per heavy atom. The van der Waals surface area contributed by atoms with Crippen molar-refractivity contribution >= 4 is 11.4 Å². The maximum Gasteiger partial charge on any atom is 0.0858 e. The molecule has 0 spiro atoms. The fourth-order valence-electron chi connectivity index (χ4n) is 3.32. The zero-order valence-electron chi connectivity index (χ0n) is 12.9. The van der Waals surface area contributed by atoms with E-state index in [1.807, 2.05) is 6.07 Å². The zero-order valence-corrected chi connectivity index (χ0v) is 12.9. The molecule has 2 atom stereocenters. The minimum Gasteiger partial charge on any atom is -0.257 e. The zero-order chi connectivity index (χ0) is 14.8. The summed E-state index contributed by atoms with van der Waals surface area (Å²) in [4.78, 5) is 0. The van der Waals surface area contributed by atoms with Crippen LogP contribution in [-0.2, 0) is 0 Å². The Kier molecular flexibility index (Phi) is 3.78. The lowest BCUT2D eigenvalue weighted by atomic mass is 9.82. The molecule has 0 fully saturated rings. The first-order valence-corrected chi connectivity index (χ1v) is 7.63. The van der Waals surface area contributed by atoms with Gasteiger partial charge in [-0.25, -0.2) is 0 Å². The molecule has 2 nitrogen and oxygen atoms in total. The van der Waals surface area contributed by atoms with Gasteiger partial charge in [0.2, 0.25) is 0 Å². The lowest BCUT2D eigenvalue weighted by Gasteiger charge is -2.30. The summed E-state index contributed by atoms with van der Waals surface area (Å²) in [7, 11) is 0. The number of anilines is 1. The molecule has 0 radical (unpaired) electrons. The van der Waals surface area contributed by atoms with Crippen molar-refractivity contribution in [3.8, 4) is 0 Å². The molecule has 108 valence electrons. The van der Waals surface area contributed by atoms with E-state index in [-0.39, 0.29) is 6.04 Å². The average Bonchev–Trinajstić information content (AvgIpc) is 2.86. The summed E-state index contributed by atoms with van der Waals surface area (Å²) in [6.45, 7) is 6.73. The fourth-order valence-corrected chi connectivity index (χ4v) is 3.32. The number of benzene rings is 2. The molecule has 0 bridgehead atoms. The van der Waals surface area contributed by atoms with Crippen molar-refractivity contribution < 1.29 is 0 Å². The third-order valence-corrected chi connectivity index (χ3v) is 4.23. The van der Waals surface area contributed by atoms with E-state index >= 15 is 0 Å². The summed E-state index contributed by atoms with van der Waals surface area (Å²) in [6, 6.07) is 21.5. The van der Waals surface area contributed by atoms with Gasteiger partial charge in [0, 0.05) is 11.6 Å². The topological polar surface area (TPSA) is 15.6 Å². The molecule has 0 aliphatic carbocycles. The van der Waals surface area contributed by atoms with Crippen LogP contribution < -0.4 is 5.01 Å². The van der Waals surface area contributed by atoms with Gasteiger partial charge in [-0.15, -0.1) is 0 Å². The van der Waals surface area contributed by atoms with Crippen molar-refractivity contribution in [2.24, 2.45) is 16.9 Å². The molecule has 0 aromatic heterocycles. The maximum atomic E-state index is 4.87. The first kappa shape index (κ1) is 13.9. The summed E-state index contributed by atoms with van der Waals surface area (Å²) in [5.41, 5.74) is 3.72. The highest BCUT2D eigenvalue weighted by Crippen LogP contribution is 2.42. The Balaban J connectivity index is 2.06.